The highest BCUT2D eigenvalue weighted by atomic mass is 16.6. The van der Waals surface area contributed by atoms with E-state index in [2.05, 4.69) is 31.7 Å². The van der Waals surface area contributed by atoms with Gasteiger partial charge < -0.3 is 20.1 Å². The fraction of sp³-hybridized carbons (Fsp3) is 0.200. The van der Waals surface area contributed by atoms with Gasteiger partial charge in [0.25, 0.3) is 11.4 Å². The molecule has 0 spiro atoms. The topological polar surface area (TPSA) is 298 Å². The Morgan fingerprint density at radius 2 is 0.947 bits per heavy atom. The van der Waals surface area contributed by atoms with Crippen molar-refractivity contribution in [3.8, 4) is 11.5 Å². The van der Waals surface area contributed by atoms with E-state index in [1.165, 1.54) is 28.1 Å². The van der Waals surface area contributed by atoms with Gasteiger partial charge in [-0.1, -0.05) is 24.3 Å². The first-order valence-electron chi connectivity index (χ1n) is 16.5. The summed E-state index contributed by atoms with van der Waals surface area (Å²) in [7, 11) is 2.77. The number of rotatable bonds is 18. The summed E-state index contributed by atoms with van der Waals surface area (Å²) < 4.78 is 10.7. The SMILES string of the molecule is COc1ccccc1NC(=O)[C@H](C[C@@H](C(=O)Nc1ccccc1OC)C(C)=NNc1ccc([N+](=O)[O-])cc1[N+](=O)[O-])C(C)=NNc1ccc([N+](=O)[O-])cc1[N+](=O)[O-]. The second-order valence-corrected chi connectivity index (χ2v) is 11.9. The van der Waals surface area contributed by atoms with Crippen LogP contribution in [0.3, 0.4) is 0 Å². The van der Waals surface area contributed by atoms with Crippen LogP contribution in [0.2, 0.25) is 0 Å². The number of para-hydroxylation sites is 4. The number of nitrogens with zero attached hydrogens (tertiary/aromatic N) is 6. The highest BCUT2D eigenvalue weighted by Crippen LogP contribution is 2.32. The highest BCUT2D eigenvalue weighted by molar-refractivity contribution is 6.13. The van der Waals surface area contributed by atoms with Gasteiger partial charge in [0, 0.05) is 23.6 Å². The van der Waals surface area contributed by atoms with Crippen LogP contribution in [0.5, 0.6) is 11.5 Å². The van der Waals surface area contributed by atoms with Crippen molar-refractivity contribution in [2.75, 3.05) is 35.7 Å². The first kappa shape index (κ1) is 41.7. The summed E-state index contributed by atoms with van der Waals surface area (Å²) in [6.07, 6.45) is -0.388. The molecule has 4 aromatic rings. The number of ether oxygens (including phenoxy) is 2. The minimum Gasteiger partial charge on any atom is -0.495 e. The zero-order chi connectivity index (χ0) is 41.8. The Morgan fingerprint density at radius 1 is 0.579 bits per heavy atom. The predicted octanol–water partition coefficient (Wildman–Crippen LogP) is 6.51. The molecule has 2 amide bonds. The number of anilines is 4. The van der Waals surface area contributed by atoms with E-state index in [9.17, 15) is 50.0 Å². The smallest absolute Gasteiger partial charge is 0.301 e. The molecule has 57 heavy (non-hydrogen) atoms. The summed E-state index contributed by atoms with van der Waals surface area (Å²) >= 11 is 0. The van der Waals surface area contributed by atoms with Gasteiger partial charge in [0.1, 0.15) is 22.9 Å². The van der Waals surface area contributed by atoms with Crippen molar-refractivity contribution in [2.45, 2.75) is 20.3 Å². The lowest BCUT2D eigenvalue weighted by molar-refractivity contribution is -0.393. The summed E-state index contributed by atoms with van der Waals surface area (Å²) in [6.45, 7) is 2.80. The number of amides is 2. The van der Waals surface area contributed by atoms with Gasteiger partial charge in [0.15, 0.2) is 0 Å². The maximum absolute atomic E-state index is 14.2. The molecule has 4 rings (SSSR count). The van der Waals surface area contributed by atoms with Crippen molar-refractivity contribution in [1.82, 2.24) is 0 Å². The molecule has 22 nitrogen and oxygen atoms in total. The summed E-state index contributed by atoms with van der Waals surface area (Å²) in [4.78, 5) is 71.1. The maximum atomic E-state index is 14.2. The van der Waals surface area contributed by atoms with Crippen LogP contribution in [-0.4, -0.2) is 57.2 Å². The van der Waals surface area contributed by atoms with Crippen molar-refractivity contribution in [3.05, 3.63) is 125 Å². The quantitative estimate of drug-likeness (QED) is 0.0475. The lowest BCUT2D eigenvalue weighted by Crippen LogP contribution is -2.37. The van der Waals surface area contributed by atoms with Crippen LogP contribution in [-0.2, 0) is 9.59 Å². The Labute approximate surface area is 322 Å². The molecule has 0 heterocycles. The molecule has 22 heteroatoms. The van der Waals surface area contributed by atoms with Gasteiger partial charge in [-0.05, 0) is 56.7 Å². The number of non-ortho nitro benzene ring substituents is 2. The Bertz CT molecular complexity index is 2120. The molecule has 0 aliphatic heterocycles. The number of methoxy groups -OCH3 is 2. The Hall–Kier alpha value is -8.04. The normalized spacial score (nSPS) is 12.4. The Balaban J connectivity index is 1.81. The van der Waals surface area contributed by atoms with Crippen LogP contribution >= 0.6 is 0 Å². The molecule has 296 valence electrons. The molecule has 0 aliphatic carbocycles. The van der Waals surface area contributed by atoms with Crippen LogP contribution in [0.1, 0.15) is 20.3 Å². The van der Waals surface area contributed by atoms with E-state index in [-0.39, 0.29) is 52.1 Å². The molecule has 0 saturated carbocycles. The lowest BCUT2D eigenvalue weighted by atomic mass is 9.87. The predicted molar refractivity (Wildman–Crippen MR) is 208 cm³/mol. The third-order valence-electron chi connectivity index (χ3n) is 8.33. The second-order valence-electron chi connectivity index (χ2n) is 11.9. The van der Waals surface area contributed by atoms with Gasteiger partial charge in [-0.2, -0.15) is 10.2 Å². The van der Waals surface area contributed by atoms with E-state index in [0.717, 1.165) is 36.4 Å². The first-order chi connectivity index (χ1) is 27.1. The molecule has 0 aliphatic rings. The van der Waals surface area contributed by atoms with Crippen LogP contribution in [0, 0.1) is 52.3 Å². The minimum atomic E-state index is -1.33. The number of carbonyl (C=O) groups excluding carboxylic acids is 2. The molecular formula is C35H34N10O12. The zero-order valence-electron chi connectivity index (χ0n) is 30.5. The monoisotopic (exact) mass is 786 g/mol. The van der Waals surface area contributed by atoms with Crippen molar-refractivity contribution in [3.63, 3.8) is 0 Å². The highest BCUT2D eigenvalue weighted by Gasteiger charge is 2.33. The molecule has 0 radical (unpaired) electrons. The van der Waals surface area contributed by atoms with E-state index in [4.69, 9.17) is 9.47 Å². The molecule has 4 aromatic carbocycles. The fourth-order valence-electron chi connectivity index (χ4n) is 5.32. The van der Waals surface area contributed by atoms with Crippen molar-refractivity contribution < 1.29 is 38.8 Å². The number of hydrogen-bond acceptors (Lipinski definition) is 16. The number of hydrogen-bond donors (Lipinski definition) is 4. The summed E-state index contributed by atoms with van der Waals surface area (Å²) in [5.74, 6) is -3.52. The number of carbonyl (C=O) groups is 2. The third kappa shape index (κ3) is 10.6. The van der Waals surface area contributed by atoms with E-state index in [1.807, 2.05) is 0 Å². The van der Waals surface area contributed by atoms with Gasteiger partial charge in [-0.15, -0.1) is 0 Å². The number of benzene rings is 4. The van der Waals surface area contributed by atoms with Crippen LogP contribution in [0.15, 0.2) is 95.1 Å². The number of nitro benzene ring substituents is 4. The van der Waals surface area contributed by atoms with Crippen molar-refractivity contribution in [2.24, 2.45) is 22.0 Å². The van der Waals surface area contributed by atoms with Gasteiger partial charge in [-0.3, -0.25) is 60.9 Å². The van der Waals surface area contributed by atoms with Crippen LogP contribution < -0.4 is 31.0 Å². The number of nitrogens with one attached hydrogen (secondary N) is 4. The molecule has 0 fully saturated rings. The molecule has 4 N–H and O–H groups in total. The van der Waals surface area contributed by atoms with Gasteiger partial charge in [0.2, 0.25) is 11.8 Å². The minimum absolute atomic E-state index is 0.0168. The standard InChI is InChI=1S/C35H34N10O12/c1-20(38-40-26-15-13-22(42(48)49)17-30(26)44(52)53)24(34(46)36-28-9-5-7-11-32(28)56-3)19-25(35(47)37-29-10-6-8-12-33(29)57-4)21(2)39-41-27-16-14-23(43(50)51)18-31(27)45(54)55/h5-18,24-25,40-41H,19H2,1-4H3,(H,36,46)(H,37,47)/t24-,25-/m1/s1. The van der Waals surface area contributed by atoms with Crippen LogP contribution in [0.25, 0.3) is 0 Å². The van der Waals surface area contributed by atoms with Crippen molar-refractivity contribution in [1.29, 1.82) is 0 Å². The van der Waals surface area contributed by atoms with E-state index in [0.29, 0.717) is 0 Å². The number of hydrazone groups is 2. The summed E-state index contributed by atoms with van der Waals surface area (Å²) in [6, 6.07) is 18.5. The molecule has 0 bridgehead atoms. The average Bonchev–Trinajstić information content (AvgIpc) is 3.19. The Kier molecular flexibility index (Phi) is 13.8. The largest absolute Gasteiger partial charge is 0.495 e. The third-order valence-corrected chi connectivity index (χ3v) is 8.33. The zero-order valence-corrected chi connectivity index (χ0v) is 30.5. The summed E-state index contributed by atoms with van der Waals surface area (Å²) in [5.41, 5.74) is 2.49. The van der Waals surface area contributed by atoms with Gasteiger partial charge >= 0.3 is 11.4 Å². The molecular weight excluding hydrogens is 752 g/mol. The summed E-state index contributed by atoms with van der Waals surface area (Å²) in [5, 5.41) is 60.0. The molecule has 2 atom stereocenters. The van der Waals surface area contributed by atoms with Crippen molar-refractivity contribution >= 4 is 68.7 Å². The van der Waals surface area contributed by atoms with Crippen LogP contribution in [0.4, 0.5) is 45.5 Å². The molecule has 0 aromatic heterocycles. The first-order valence-corrected chi connectivity index (χ1v) is 16.5. The van der Waals surface area contributed by atoms with Gasteiger partial charge in [-0.25, -0.2) is 0 Å². The maximum Gasteiger partial charge on any atom is 0.301 e. The van der Waals surface area contributed by atoms with E-state index in [1.54, 1.807) is 48.5 Å². The Morgan fingerprint density at radius 3 is 1.28 bits per heavy atom. The average molecular weight is 787 g/mol. The molecule has 0 saturated heterocycles. The molecule has 0 unspecified atom stereocenters. The van der Waals surface area contributed by atoms with E-state index < -0.39 is 66.1 Å². The lowest BCUT2D eigenvalue weighted by Gasteiger charge is -2.24. The second kappa shape index (κ2) is 18.8. The van der Waals surface area contributed by atoms with E-state index >= 15 is 0 Å². The fourth-order valence-corrected chi connectivity index (χ4v) is 5.32. The number of nitro groups is 4. The van der Waals surface area contributed by atoms with Gasteiger partial charge in [0.05, 0.1) is 69.3 Å².